The van der Waals surface area contributed by atoms with E-state index in [4.69, 9.17) is 20.5 Å². The minimum absolute atomic E-state index is 0.218. The summed E-state index contributed by atoms with van der Waals surface area (Å²) in [6.07, 6.45) is 4.05. The SMILES string of the molecule is CC.CC1(c2cc(-c3cncc(C#N)c3)cs2)CC2(COC2)OC(N)=N1. The number of ether oxygens (including phenoxy) is 2. The molecule has 2 aliphatic rings. The summed E-state index contributed by atoms with van der Waals surface area (Å²) in [7, 11) is 0. The highest BCUT2D eigenvalue weighted by Gasteiger charge is 2.51. The lowest BCUT2D eigenvalue weighted by atomic mass is 9.82. The zero-order valence-electron chi connectivity index (χ0n) is 15.2. The zero-order valence-corrected chi connectivity index (χ0v) is 16.0. The van der Waals surface area contributed by atoms with Crippen molar-refractivity contribution in [2.24, 2.45) is 10.7 Å². The van der Waals surface area contributed by atoms with Crippen LogP contribution in [0.4, 0.5) is 0 Å². The van der Waals surface area contributed by atoms with Gasteiger partial charge in [0.25, 0.3) is 6.02 Å². The zero-order chi connectivity index (χ0) is 18.8. The number of aliphatic imine (C=N–C) groups is 1. The number of nitrogens with two attached hydrogens (primary N) is 1. The Bertz CT molecular complexity index is 866. The number of nitrogens with zero attached hydrogens (tertiary/aromatic N) is 3. The van der Waals surface area contributed by atoms with Crippen molar-refractivity contribution >= 4 is 17.4 Å². The Hall–Kier alpha value is -2.43. The molecule has 0 radical (unpaired) electrons. The summed E-state index contributed by atoms with van der Waals surface area (Å²) in [6, 6.07) is 6.27. The lowest BCUT2D eigenvalue weighted by Crippen LogP contribution is -2.59. The largest absolute Gasteiger partial charge is 0.454 e. The van der Waals surface area contributed by atoms with Crippen LogP contribution in [0.15, 0.2) is 34.9 Å². The Morgan fingerprint density at radius 3 is 2.65 bits per heavy atom. The van der Waals surface area contributed by atoms with Gasteiger partial charge in [0.05, 0.1) is 18.8 Å². The van der Waals surface area contributed by atoms with E-state index in [0.29, 0.717) is 18.8 Å². The monoisotopic (exact) mass is 370 g/mol. The average molecular weight is 370 g/mol. The van der Waals surface area contributed by atoms with E-state index in [2.05, 4.69) is 34.4 Å². The second-order valence-electron chi connectivity index (χ2n) is 6.45. The molecule has 2 N–H and O–H groups in total. The smallest absolute Gasteiger partial charge is 0.283 e. The van der Waals surface area contributed by atoms with Crippen molar-refractivity contribution in [2.75, 3.05) is 13.2 Å². The number of thiophene rings is 1. The first kappa shape index (κ1) is 18.4. The summed E-state index contributed by atoms with van der Waals surface area (Å²) in [5.74, 6) is 0. The predicted molar refractivity (Wildman–Crippen MR) is 102 cm³/mol. The van der Waals surface area contributed by atoms with E-state index < -0.39 is 5.54 Å². The lowest BCUT2D eigenvalue weighted by molar-refractivity contribution is -0.186. The number of aromatic nitrogens is 1. The highest BCUT2D eigenvalue weighted by atomic mass is 32.1. The minimum atomic E-state index is -0.435. The van der Waals surface area contributed by atoms with Crippen LogP contribution in [0, 0.1) is 11.3 Å². The highest BCUT2D eigenvalue weighted by Crippen LogP contribution is 2.45. The molecule has 4 rings (SSSR count). The molecule has 2 aromatic heterocycles. The molecule has 2 aliphatic heterocycles. The summed E-state index contributed by atoms with van der Waals surface area (Å²) in [5, 5.41) is 11.1. The second-order valence-corrected chi connectivity index (χ2v) is 7.36. The van der Waals surface area contributed by atoms with Crippen molar-refractivity contribution in [1.29, 1.82) is 5.26 Å². The van der Waals surface area contributed by atoms with Gasteiger partial charge in [-0.05, 0) is 30.0 Å². The van der Waals surface area contributed by atoms with Gasteiger partial charge in [0.1, 0.15) is 11.6 Å². The Morgan fingerprint density at radius 1 is 1.23 bits per heavy atom. The standard InChI is InChI=1S/C17H16N4O2S.C2H6/c1-16(8-17(9-22-10-17)23-15(19)21-16)14-3-13(7-24-14)12-2-11(4-18)5-20-6-12;1-2/h2-3,5-7H,8-10H2,1H3,(H2,19,21);1-2H3. The van der Waals surface area contributed by atoms with E-state index in [0.717, 1.165) is 22.4 Å². The molecule has 136 valence electrons. The first-order chi connectivity index (χ1) is 12.5. The summed E-state index contributed by atoms with van der Waals surface area (Å²) in [6.45, 7) is 7.17. The Balaban J connectivity index is 0.000000948. The van der Waals surface area contributed by atoms with E-state index in [-0.39, 0.29) is 11.6 Å². The number of hydrogen-bond donors (Lipinski definition) is 1. The van der Waals surface area contributed by atoms with Crippen molar-refractivity contribution in [1.82, 2.24) is 4.98 Å². The molecule has 6 nitrogen and oxygen atoms in total. The Morgan fingerprint density at radius 2 is 2.00 bits per heavy atom. The third-order valence-electron chi connectivity index (χ3n) is 4.41. The molecule has 1 saturated heterocycles. The van der Waals surface area contributed by atoms with Crippen molar-refractivity contribution < 1.29 is 9.47 Å². The fraction of sp³-hybridized carbons (Fsp3) is 0.421. The maximum Gasteiger partial charge on any atom is 0.283 e. The van der Waals surface area contributed by atoms with Crippen molar-refractivity contribution in [3.8, 4) is 17.2 Å². The van der Waals surface area contributed by atoms with Gasteiger partial charge < -0.3 is 15.2 Å². The van der Waals surface area contributed by atoms with Gasteiger partial charge in [0.15, 0.2) is 5.60 Å². The number of amidine groups is 1. The molecule has 0 saturated carbocycles. The average Bonchev–Trinajstić information content (AvgIpc) is 3.13. The van der Waals surface area contributed by atoms with Gasteiger partial charge in [0.2, 0.25) is 0 Å². The molecular weight excluding hydrogens is 348 g/mol. The van der Waals surface area contributed by atoms with Crippen LogP contribution in [-0.2, 0) is 15.0 Å². The topological polar surface area (TPSA) is 93.5 Å². The fourth-order valence-electron chi connectivity index (χ4n) is 3.25. The molecule has 0 aliphatic carbocycles. The van der Waals surface area contributed by atoms with Gasteiger partial charge in [-0.15, -0.1) is 11.3 Å². The van der Waals surface area contributed by atoms with Gasteiger partial charge in [-0.3, -0.25) is 4.98 Å². The van der Waals surface area contributed by atoms with Crippen LogP contribution < -0.4 is 5.73 Å². The Labute approximate surface area is 157 Å². The molecule has 1 fully saturated rings. The third-order valence-corrected chi connectivity index (χ3v) is 5.59. The number of nitriles is 1. The summed E-state index contributed by atoms with van der Waals surface area (Å²) >= 11 is 1.63. The molecule has 0 bridgehead atoms. The van der Waals surface area contributed by atoms with Crippen LogP contribution in [0.3, 0.4) is 0 Å². The minimum Gasteiger partial charge on any atom is -0.454 e. The summed E-state index contributed by atoms with van der Waals surface area (Å²) in [4.78, 5) is 9.80. The molecule has 26 heavy (non-hydrogen) atoms. The van der Waals surface area contributed by atoms with E-state index in [1.807, 2.05) is 19.9 Å². The quantitative estimate of drug-likeness (QED) is 0.874. The lowest BCUT2D eigenvalue weighted by Gasteiger charge is -2.47. The summed E-state index contributed by atoms with van der Waals surface area (Å²) in [5.41, 5.74) is 7.63. The number of pyridine rings is 1. The van der Waals surface area contributed by atoms with Crippen LogP contribution in [0.1, 0.15) is 37.6 Å². The maximum absolute atomic E-state index is 9.03. The molecule has 1 spiro atoms. The van der Waals surface area contributed by atoms with E-state index in [1.54, 1.807) is 23.7 Å². The third kappa shape index (κ3) is 3.30. The molecule has 2 aromatic rings. The Kier molecular flexibility index (Phi) is 4.99. The number of rotatable bonds is 2. The maximum atomic E-state index is 9.03. The van der Waals surface area contributed by atoms with E-state index in [9.17, 15) is 0 Å². The van der Waals surface area contributed by atoms with Crippen molar-refractivity contribution in [2.45, 2.75) is 38.3 Å². The van der Waals surface area contributed by atoms with Gasteiger partial charge in [-0.25, -0.2) is 4.99 Å². The van der Waals surface area contributed by atoms with Crippen LogP contribution >= 0.6 is 11.3 Å². The van der Waals surface area contributed by atoms with Crippen LogP contribution in [0.5, 0.6) is 0 Å². The van der Waals surface area contributed by atoms with Crippen LogP contribution in [0.2, 0.25) is 0 Å². The summed E-state index contributed by atoms with van der Waals surface area (Å²) < 4.78 is 11.0. The molecule has 0 aromatic carbocycles. The second kappa shape index (κ2) is 7.06. The molecule has 1 atom stereocenters. The van der Waals surface area contributed by atoms with E-state index >= 15 is 0 Å². The molecule has 0 amide bonds. The first-order valence-corrected chi connectivity index (χ1v) is 9.47. The number of hydrogen-bond acceptors (Lipinski definition) is 7. The molecular formula is C19H22N4O2S. The van der Waals surface area contributed by atoms with E-state index in [1.165, 1.54) is 0 Å². The predicted octanol–water partition coefficient (Wildman–Crippen LogP) is 3.43. The first-order valence-electron chi connectivity index (χ1n) is 8.59. The molecule has 4 heterocycles. The van der Waals surface area contributed by atoms with Gasteiger partial charge in [-0.1, -0.05) is 13.8 Å². The fourth-order valence-corrected chi connectivity index (χ4v) is 4.28. The highest BCUT2D eigenvalue weighted by molar-refractivity contribution is 7.10. The van der Waals surface area contributed by atoms with Crippen LogP contribution in [0.25, 0.3) is 11.1 Å². The van der Waals surface area contributed by atoms with Gasteiger partial charge in [-0.2, -0.15) is 5.26 Å². The van der Waals surface area contributed by atoms with Crippen molar-refractivity contribution in [3.63, 3.8) is 0 Å². The van der Waals surface area contributed by atoms with Crippen LogP contribution in [-0.4, -0.2) is 29.8 Å². The molecule has 1 unspecified atom stereocenters. The van der Waals surface area contributed by atoms with Gasteiger partial charge in [0, 0.05) is 29.3 Å². The van der Waals surface area contributed by atoms with Crippen molar-refractivity contribution in [3.05, 3.63) is 40.3 Å². The van der Waals surface area contributed by atoms with Gasteiger partial charge >= 0.3 is 0 Å². The molecule has 7 heteroatoms. The normalized spacial score (nSPS) is 22.9.